The van der Waals surface area contributed by atoms with E-state index in [0.717, 1.165) is 12.8 Å². The van der Waals surface area contributed by atoms with E-state index in [2.05, 4.69) is 19.2 Å². The molecule has 0 aromatic rings. The summed E-state index contributed by atoms with van der Waals surface area (Å²) >= 11 is 0. The minimum absolute atomic E-state index is 0.0685. The number of hydrogen-bond acceptors (Lipinski definition) is 2. The molecule has 0 aliphatic heterocycles. The third kappa shape index (κ3) is 10.9. The Morgan fingerprint density at radius 3 is 2.40 bits per heavy atom. The summed E-state index contributed by atoms with van der Waals surface area (Å²) in [7, 11) is 0. The van der Waals surface area contributed by atoms with Gasteiger partial charge >= 0.3 is 5.97 Å². The van der Waals surface area contributed by atoms with Crippen LogP contribution in [0.2, 0.25) is 0 Å². The van der Waals surface area contributed by atoms with Crippen molar-refractivity contribution in [3.05, 3.63) is 0 Å². The first-order valence-electron chi connectivity index (χ1n) is 5.51. The van der Waals surface area contributed by atoms with Gasteiger partial charge in [0.2, 0.25) is 5.91 Å². The van der Waals surface area contributed by atoms with Crippen molar-refractivity contribution in [1.82, 2.24) is 5.32 Å². The molecule has 4 nitrogen and oxygen atoms in total. The van der Waals surface area contributed by atoms with E-state index >= 15 is 0 Å². The van der Waals surface area contributed by atoms with Gasteiger partial charge in [0.25, 0.3) is 0 Å². The normalized spacial score (nSPS) is 10.3. The molecular formula is C11H21NO3. The van der Waals surface area contributed by atoms with E-state index in [0.29, 0.717) is 25.3 Å². The SMILES string of the molecule is CC(C)CCC(=O)NCCCCC(=O)O. The molecule has 88 valence electrons. The van der Waals surface area contributed by atoms with Gasteiger partial charge in [-0.05, 0) is 25.2 Å². The van der Waals surface area contributed by atoms with E-state index in [9.17, 15) is 9.59 Å². The number of rotatable bonds is 8. The first-order valence-corrected chi connectivity index (χ1v) is 5.51. The molecule has 0 bridgehead atoms. The van der Waals surface area contributed by atoms with Crippen LogP contribution in [-0.2, 0) is 9.59 Å². The first kappa shape index (κ1) is 13.9. The number of unbranched alkanes of at least 4 members (excludes halogenated alkanes) is 1. The Labute approximate surface area is 91.1 Å². The van der Waals surface area contributed by atoms with E-state index in [1.54, 1.807) is 0 Å². The van der Waals surface area contributed by atoms with Gasteiger partial charge in [-0.3, -0.25) is 9.59 Å². The largest absolute Gasteiger partial charge is 0.481 e. The predicted molar refractivity (Wildman–Crippen MR) is 58.6 cm³/mol. The molecule has 0 rings (SSSR count). The van der Waals surface area contributed by atoms with Crippen molar-refractivity contribution in [3.63, 3.8) is 0 Å². The highest BCUT2D eigenvalue weighted by molar-refractivity contribution is 5.75. The summed E-state index contributed by atoms with van der Waals surface area (Å²) in [5.74, 6) is -0.164. The van der Waals surface area contributed by atoms with Crippen LogP contribution >= 0.6 is 0 Å². The highest BCUT2D eigenvalue weighted by atomic mass is 16.4. The molecule has 1 amide bonds. The van der Waals surface area contributed by atoms with E-state index < -0.39 is 5.97 Å². The first-order chi connectivity index (χ1) is 7.02. The van der Waals surface area contributed by atoms with Crippen LogP contribution in [0.5, 0.6) is 0 Å². The molecule has 0 atom stereocenters. The molecular weight excluding hydrogens is 194 g/mol. The molecule has 0 aromatic heterocycles. The van der Waals surface area contributed by atoms with Crippen molar-refractivity contribution in [3.8, 4) is 0 Å². The van der Waals surface area contributed by atoms with E-state index in [1.807, 2.05) is 0 Å². The lowest BCUT2D eigenvalue weighted by molar-refractivity contribution is -0.137. The maximum Gasteiger partial charge on any atom is 0.303 e. The highest BCUT2D eigenvalue weighted by Gasteiger charge is 2.02. The Kier molecular flexibility index (Phi) is 7.68. The molecule has 0 saturated heterocycles. The number of nitrogens with one attached hydrogen (secondary N) is 1. The quantitative estimate of drug-likeness (QED) is 0.607. The standard InChI is InChI=1S/C11H21NO3/c1-9(2)6-7-10(13)12-8-4-3-5-11(14)15/h9H,3-8H2,1-2H3,(H,12,13)(H,14,15). The van der Waals surface area contributed by atoms with Gasteiger partial charge in [0.1, 0.15) is 0 Å². The molecule has 0 radical (unpaired) electrons. The maximum absolute atomic E-state index is 11.2. The van der Waals surface area contributed by atoms with E-state index in [4.69, 9.17) is 5.11 Å². The molecule has 2 N–H and O–H groups in total. The molecule has 4 heteroatoms. The molecule has 0 aliphatic carbocycles. The average Bonchev–Trinajstić information content (AvgIpc) is 2.13. The minimum atomic E-state index is -0.777. The van der Waals surface area contributed by atoms with Crippen LogP contribution in [0.15, 0.2) is 0 Å². The fourth-order valence-corrected chi connectivity index (χ4v) is 1.14. The molecule has 15 heavy (non-hydrogen) atoms. The zero-order valence-electron chi connectivity index (χ0n) is 9.58. The lowest BCUT2D eigenvalue weighted by Gasteiger charge is -2.06. The smallest absolute Gasteiger partial charge is 0.303 e. The Hall–Kier alpha value is -1.06. The van der Waals surface area contributed by atoms with Gasteiger partial charge in [-0.25, -0.2) is 0 Å². The fraction of sp³-hybridized carbons (Fsp3) is 0.818. The monoisotopic (exact) mass is 215 g/mol. The van der Waals surface area contributed by atoms with Gasteiger partial charge in [-0.15, -0.1) is 0 Å². The minimum Gasteiger partial charge on any atom is -0.481 e. The summed E-state index contributed by atoms with van der Waals surface area (Å²) in [6, 6.07) is 0. The number of carbonyl (C=O) groups excluding carboxylic acids is 1. The van der Waals surface area contributed by atoms with Gasteiger partial charge in [0, 0.05) is 19.4 Å². The molecule has 0 heterocycles. The second kappa shape index (κ2) is 8.26. The zero-order chi connectivity index (χ0) is 11.7. The van der Waals surface area contributed by atoms with Crippen LogP contribution in [0.3, 0.4) is 0 Å². The number of aliphatic carboxylic acids is 1. The number of carbonyl (C=O) groups is 2. The van der Waals surface area contributed by atoms with Crippen molar-refractivity contribution in [2.24, 2.45) is 5.92 Å². The molecule has 0 aromatic carbocycles. The van der Waals surface area contributed by atoms with Crippen LogP contribution in [0.4, 0.5) is 0 Å². The summed E-state index contributed by atoms with van der Waals surface area (Å²) in [5, 5.41) is 11.2. The van der Waals surface area contributed by atoms with Crippen LogP contribution < -0.4 is 5.32 Å². The Balaban J connectivity index is 3.28. The fourth-order valence-electron chi connectivity index (χ4n) is 1.14. The number of carboxylic acids is 1. The molecule has 0 saturated carbocycles. The molecule has 0 fully saturated rings. The summed E-state index contributed by atoms with van der Waals surface area (Å²) in [6.07, 6.45) is 3.01. The van der Waals surface area contributed by atoms with Crippen LogP contribution in [0, 0.1) is 5.92 Å². The van der Waals surface area contributed by atoms with Gasteiger partial charge in [-0.1, -0.05) is 13.8 Å². The summed E-state index contributed by atoms with van der Waals surface area (Å²) in [5.41, 5.74) is 0. The van der Waals surface area contributed by atoms with Crippen molar-refractivity contribution >= 4 is 11.9 Å². The Bertz CT molecular complexity index is 202. The number of amides is 1. The zero-order valence-corrected chi connectivity index (χ0v) is 9.58. The number of hydrogen-bond donors (Lipinski definition) is 2. The summed E-state index contributed by atoms with van der Waals surface area (Å²) in [6.45, 7) is 4.75. The topological polar surface area (TPSA) is 66.4 Å². The van der Waals surface area contributed by atoms with Gasteiger partial charge in [0.05, 0.1) is 0 Å². The molecule has 0 aliphatic rings. The van der Waals surface area contributed by atoms with Crippen molar-refractivity contribution < 1.29 is 14.7 Å². The van der Waals surface area contributed by atoms with Gasteiger partial charge in [0.15, 0.2) is 0 Å². The van der Waals surface area contributed by atoms with Crippen molar-refractivity contribution in [1.29, 1.82) is 0 Å². The second-order valence-corrected chi connectivity index (χ2v) is 4.13. The molecule has 0 unspecified atom stereocenters. The highest BCUT2D eigenvalue weighted by Crippen LogP contribution is 2.02. The molecule has 0 spiro atoms. The van der Waals surface area contributed by atoms with Crippen LogP contribution in [-0.4, -0.2) is 23.5 Å². The third-order valence-corrected chi connectivity index (χ3v) is 2.09. The lowest BCUT2D eigenvalue weighted by atomic mass is 10.1. The second-order valence-electron chi connectivity index (χ2n) is 4.13. The van der Waals surface area contributed by atoms with Gasteiger partial charge in [-0.2, -0.15) is 0 Å². The van der Waals surface area contributed by atoms with Crippen molar-refractivity contribution in [2.45, 2.75) is 46.0 Å². The third-order valence-electron chi connectivity index (χ3n) is 2.09. The van der Waals surface area contributed by atoms with Crippen molar-refractivity contribution in [2.75, 3.05) is 6.54 Å². The van der Waals surface area contributed by atoms with E-state index in [1.165, 1.54) is 0 Å². The lowest BCUT2D eigenvalue weighted by Crippen LogP contribution is -2.24. The van der Waals surface area contributed by atoms with Crippen LogP contribution in [0.1, 0.15) is 46.0 Å². The Morgan fingerprint density at radius 1 is 1.20 bits per heavy atom. The summed E-state index contributed by atoms with van der Waals surface area (Å²) in [4.78, 5) is 21.4. The van der Waals surface area contributed by atoms with Crippen LogP contribution in [0.25, 0.3) is 0 Å². The maximum atomic E-state index is 11.2. The average molecular weight is 215 g/mol. The van der Waals surface area contributed by atoms with E-state index in [-0.39, 0.29) is 12.3 Å². The predicted octanol–water partition coefficient (Wildman–Crippen LogP) is 1.79. The van der Waals surface area contributed by atoms with Gasteiger partial charge < -0.3 is 10.4 Å². The Morgan fingerprint density at radius 2 is 1.87 bits per heavy atom. The summed E-state index contributed by atoms with van der Waals surface area (Å²) < 4.78 is 0. The number of carboxylic acid groups (broad SMARTS) is 1.